The number of sulfonamides is 1. The average molecular weight is 346 g/mol. The van der Waals surface area contributed by atoms with Crippen LogP contribution in [0.25, 0.3) is 0 Å². The maximum Gasteiger partial charge on any atom is 0.244 e. The highest BCUT2D eigenvalue weighted by molar-refractivity contribution is 7.93. The topological polar surface area (TPSA) is 97.5 Å². The second kappa shape index (κ2) is 6.27. The lowest BCUT2D eigenvalue weighted by molar-refractivity contribution is 0.243. The Labute approximate surface area is 132 Å². The van der Waals surface area contributed by atoms with Gasteiger partial charge in [0.15, 0.2) is 9.84 Å². The summed E-state index contributed by atoms with van der Waals surface area (Å²) in [6.07, 6.45) is 2.63. The first-order chi connectivity index (χ1) is 10.1. The molecule has 1 fully saturated rings. The van der Waals surface area contributed by atoms with E-state index < -0.39 is 19.9 Å². The van der Waals surface area contributed by atoms with Crippen LogP contribution in [0.3, 0.4) is 0 Å². The van der Waals surface area contributed by atoms with Gasteiger partial charge in [-0.05, 0) is 37.8 Å². The number of nitrogens with two attached hydrogens (primary N) is 1. The van der Waals surface area contributed by atoms with E-state index in [1.54, 1.807) is 0 Å². The minimum atomic E-state index is -3.84. The van der Waals surface area contributed by atoms with E-state index in [2.05, 4.69) is 0 Å². The number of hydrogen-bond acceptors (Lipinski definition) is 5. The Morgan fingerprint density at radius 1 is 1.18 bits per heavy atom. The molecule has 124 valence electrons. The molecule has 2 rings (SSSR count). The first-order valence-electron chi connectivity index (χ1n) is 7.19. The maximum atomic E-state index is 12.8. The molecule has 0 amide bonds. The molecule has 1 heterocycles. The molecule has 2 atom stereocenters. The molecule has 2 N–H and O–H groups in total. The summed E-state index contributed by atoms with van der Waals surface area (Å²) in [6.45, 7) is 2.59. The van der Waals surface area contributed by atoms with Gasteiger partial charge in [-0.15, -0.1) is 0 Å². The van der Waals surface area contributed by atoms with Crippen LogP contribution in [0.5, 0.6) is 0 Å². The summed E-state index contributed by atoms with van der Waals surface area (Å²) in [7, 11) is -7.46. The molecule has 0 unspecified atom stereocenters. The molecule has 1 saturated heterocycles. The van der Waals surface area contributed by atoms with Crippen molar-refractivity contribution in [2.75, 3.05) is 19.3 Å². The zero-order valence-corrected chi connectivity index (χ0v) is 14.4. The van der Waals surface area contributed by atoms with Crippen LogP contribution in [0.1, 0.15) is 19.8 Å². The molecular weight excluding hydrogens is 324 g/mol. The number of rotatable bonds is 4. The van der Waals surface area contributed by atoms with Crippen LogP contribution < -0.4 is 5.73 Å². The third-order valence-electron chi connectivity index (χ3n) is 4.03. The Balaban J connectivity index is 2.44. The normalized spacial score (nSPS) is 22.4. The standard InChI is InChI=1S/C14H22N2O4S2/c1-11(15)12-6-5-9-16(10-12)22(19,20)14-8-4-3-7-13(14)21(2,17)18/h3-4,7-8,11-12H,5-6,9-10,15H2,1-2H3/t11-,12+/m1/s1. The van der Waals surface area contributed by atoms with Crippen molar-refractivity contribution in [3.05, 3.63) is 24.3 Å². The van der Waals surface area contributed by atoms with Crippen molar-refractivity contribution in [2.45, 2.75) is 35.6 Å². The van der Waals surface area contributed by atoms with Crippen LogP contribution in [0.4, 0.5) is 0 Å². The number of hydrogen-bond donors (Lipinski definition) is 1. The minimum Gasteiger partial charge on any atom is -0.328 e. The summed E-state index contributed by atoms with van der Waals surface area (Å²) in [5.41, 5.74) is 5.89. The monoisotopic (exact) mass is 346 g/mol. The maximum absolute atomic E-state index is 12.8. The third kappa shape index (κ3) is 3.51. The highest BCUT2D eigenvalue weighted by atomic mass is 32.2. The molecule has 0 aromatic heterocycles. The molecule has 0 radical (unpaired) electrons. The number of piperidine rings is 1. The van der Waals surface area contributed by atoms with Crippen molar-refractivity contribution in [2.24, 2.45) is 11.7 Å². The zero-order valence-electron chi connectivity index (χ0n) is 12.8. The van der Waals surface area contributed by atoms with Gasteiger partial charge in [0.2, 0.25) is 10.0 Å². The summed E-state index contributed by atoms with van der Waals surface area (Å²) in [5.74, 6) is 0.0916. The molecule has 0 aliphatic carbocycles. The van der Waals surface area contributed by atoms with Gasteiger partial charge < -0.3 is 5.73 Å². The number of sulfone groups is 1. The van der Waals surface area contributed by atoms with Gasteiger partial charge in [-0.3, -0.25) is 0 Å². The van der Waals surface area contributed by atoms with E-state index in [-0.39, 0.29) is 21.8 Å². The van der Waals surface area contributed by atoms with Gasteiger partial charge in [0.05, 0.1) is 4.90 Å². The van der Waals surface area contributed by atoms with Crippen molar-refractivity contribution in [1.29, 1.82) is 0 Å². The summed E-state index contributed by atoms with van der Waals surface area (Å²) in [6, 6.07) is 5.64. The molecule has 0 spiro atoms. The molecule has 0 saturated carbocycles. The average Bonchev–Trinajstić information content (AvgIpc) is 2.46. The summed E-state index contributed by atoms with van der Waals surface area (Å²) in [4.78, 5) is -0.305. The highest BCUT2D eigenvalue weighted by Crippen LogP contribution is 2.28. The molecule has 1 aliphatic heterocycles. The largest absolute Gasteiger partial charge is 0.328 e. The Kier molecular flexibility index (Phi) is 4.96. The Hall–Kier alpha value is -0.960. The molecule has 0 bridgehead atoms. The first kappa shape index (κ1) is 17.4. The van der Waals surface area contributed by atoms with Gasteiger partial charge in [-0.1, -0.05) is 12.1 Å². The second-order valence-corrected chi connectivity index (χ2v) is 9.73. The SMILES string of the molecule is C[C@@H](N)[C@H]1CCCN(S(=O)(=O)c2ccccc2S(C)(=O)=O)C1. The number of benzene rings is 1. The molecule has 1 aromatic carbocycles. The molecule has 6 nitrogen and oxygen atoms in total. The van der Waals surface area contributed by atoms with E-state index >= 15 is 0 Å². The van der Waals surface area contributed by atoms with E-state index in [1.807, 2.05) is 6.92 Å². The Morgan fingerprint density at radius 3 is 2.32 bits per heavy atom. The Bertz CT molecular complexity index is 742. The molecule has 22 heavy (non-hydrogen) atoms. The fourth-order valence-electron chi connectivity index (χ4n) is 2.73. The second-order valence-electron chi connectivity index (χ2n) is 5.84. The third-order valence-corrected chi connectivity index (χ3v) is 7.24. The summed E-state index contributed by atoms with van der Waals surface area (Å²) in [5, 5.41) is 0. The van der Waals surface area contributed by atoms with E-state index in [0.29, 0.717) is 13.1 Å². The lowest BCUT2D eigenvalue weighted by Gasteiger charge is -2.34. The molecule has 1 aliphatic rings. The van der Waals surface area contributed by atoms with Crippen LogP contribution in [0.2, 0.25) is 0 Å². The van der Waals surface area contributed by atoms with Crippen molar-refractivity contribution in [1.82, 2.24) is 4.31 Å². The fourth-order valence-corrected chi connectivity index (χ4v) is 5.87. The minimum absolute atomic E-state index is 0.0916. The van der Waals surface area contributed by atoms with E-state index in [9.17, 15) is 16.8 Å². The van der Waals surface area contributed by atoms with Gasteiger partial charge in [0.1, 0.15) is 4.90 Å². The van der Waals surface area contributed by atoms with E-state index in [1.165, 1.54) is 28.6 Å². The molecule has 8 heteroatoms. The highest BCUT2D eigenvalue weighted by Gasteiger charge is 2.34. The Morgan fingerprint density at radius 2 is 1.77 bits per heavy atom. The van der Waals surface area contributed by atoms with Crippen LogP contribution in [0, 0.1) is 5.92 Å². The molecule has 1 aromatic rings. The summed E-state index contributed by atoms with van der Waals surface area (Å²) >= 11 is 0. The fraction of sp³-hybridized carbons (Fsp3) is 0.571. The number of nitrogens with zero attached hydrogens (tertiary/aromatic N) is 1. The van der Waals surface area contributed by atoms with Crippen LogP contribution in [-0.2, 0) is 19.9 Å². The van der Waals surface area contributed by atoms with Crippen LogP contribution >= 0.6 is 0 Å². The quantitative estimate of drug-likeness (QED) is 0.871. The van der Waals surface area contributed by atoms with Crippen LogP contribution in [-0.4, -0.2) is 46.5 Å². The summed E-state index contributed by atoms with van der Waals surface area (Å²) < 4.78 is 50.7. The van der Waals surface area contributed by atoms with Gasteiger partial charge in [-0.2, -0.15) is 4.31 Å². The first-order valence-corrected chi connectivity index (χ1v) is 10.5. The van der Waals surface area contributed by atoms with Gasteiger partial charge in [0.25, 0.3) is 0 Å². The predicted molar refractivity (Wildman–Crippen MR) is 84.7 cm³/mol. The van der Waals surface area contributed by atoms with Crippen LogP contribution in [0.15, 0.2) is 34.1 Å². The van der Waals surface area contributed by atoms with Crippen molar-refractivity contribution < 1.29 is 16.8 Å². The predicted octanol–water partition coefficient (Wildman–Crippen LogP) is 0.838. The van der Waals surface area contributed by atoms with Gasteiger partial charge >= 0.3 is 0 Å². The van der Waals surface area contributed by atoms with Crippen molar-refractivity contribution in [3.8, 4) is 0 Å². The lowest BCUT2D eigenvalue weighted by atomic mass is 9.93. The van der Waals surface area contributed by atoms with E-state index in [0.717, 1.165) is 19.1 Å². The van der Waals surface area contributed by atoms with Gasteiger partial charge in [0, 0.05) is 25.4 Å². The van der Waals surface area contributed by atoms with E-state index in [4.69, 9.17) is 5.73 Å². The van der Waals surface area contributed by atoms with Crippen molar-refractivity contribution >= 4 is 19.9 Å². The van der Waals surface area contributed by atoms with Crippen molar-refractivity contribution in [3.63, 3.8) is 0 Å². The van der Waals surface area contributed by atoms with Gasteiger partial charge in [-0.25, -0.2) is 16.8 Å². The lowest BCUT2D eigenvalue weighted by Crippen LogP contribution is -2.45. The molecular formula is C14H22N2O4S2. The smallest absolute Gasteiger partial charge is 0.244 e. The zero-order chi connectivity index (χ0) is 16.5.